The maximum Gasteiger partial charge on any atom is 0.324 e. The van der Waals surface area contributed by atoms with E-state index in [4.69, 9.17) is 0 Å². The van der Waals surface area contributed by atoms with Gasteiger partial charge in [-0.2, -0.15) is 0 Å². The number of ether oxygens (including phenoxy) is 1. The molecule has 134 valence electrons. The zero-order chi connectivity index (χ0) is 18.2. The smallest absolute Gasteiger partial charge is 0.324 e. The number of methoxy groups -OCH3 is 1. The van der Waals surface area contributed by atoms with E-state index in [1.165, 1.54) is 7.11 Å². The van der Waals surface area contributed by atoms with Crippen LogP contribution in [0.25, 0.3) is 0 Å². The molecule has 1 N–H and O–H groups in total. The number of alkyl halides is 1. The van der Waals surface area contributed by atoms with E-state index in [2.05, 4.69) is 25.4 Å². The zero-order valence-electron chi connectivity index (χ0n) is 13.7. The maximum absolute atomic E-state index is 12.0. The molecule has 1 aromatic carbocycles. The van der Waals surface area contributed by atoms with Gasteiger partial charge in [0.1, 0.15) is 6.04 Å². The normalized spacial score (nSPS) is 12.6. The highest BCUT2D eigenvalue weighted by Crippen LogP contribution is 2.10. The Kier molecular flexibility index (Phi) is 8.58. The predicted octanol–water partition coefficient (Wildman–Crippen LogP) is 2.07. The van der Waals surface area contributed by atoms with Gasteiger partial charge < -0.3 is 4.74 Å². The fourth-order valence-corrected chi connectivity index (χ4v) is 3.79. The maximum atomic E-state index is 12.0. The lowest BCUT2D eigenvalue weighted by Gasteiger charge is -2.17. The van der Waals surface area contributed by atoms with Crippen LogP contribution in [0.15, 0.2) is 24.3 Å². The molecule has 0 aliphatic heterocycles. The number of rotatable bonds is 10. The van der Waals surface area contributed by atoms with Gasteiger partial charge in [0.15, 0.2) is 5.78 Å². The molecule has 0 fully saturated rings. The summed E-state index contributed by atoms with van der Waals surface area (Å²) in [5.74, 6) is -0.725. The molecule has 6 nitrogen and oxygen atoms in total. The van der Waals surface area contributed by atoms with E-state index >= 15 is 0 Å². The molecule has 0 bridgehead atoms. The van der Waals surface area contributed by atoms with Crippen LogP contribution in [0.4, 0.5) is 0 Å². The Morgan fingerprint density at radius 2 is 1.88 bits per heavy atom. The first-order valence-corrected chi connectivity index (χ1v) is 10.4. The number of nitrogens with one attached hydrogen (secondary N) is 1. The number of benzene rings is 1. The minimum absolute atomic E-state index is 0.0321. The Balaban J connectivity index is 2.86. The number of carbonyl (C=O) groups excluding carboxylic acids is 2. The van der Waals surface area contributed by atoms with Crippen molar-refractivity contribution >= 4 is 37.7 Å². The second-order valence-corrected chi connectivity index (χ2v) is 7.76. The highest BCUT2D eigenvalue weighted by molar-refractivity contribution is 9.09. The Bertz CT molecular complexity index is 658. The van der Waals surface area contributed by atoms with Crippen LogP contribution in [0.3, 0.4) is 0 Å². The summed E-state index contributed by atoms with van der Waals surface area (Å²) < 4.78 is 31.1. The lowest BCUT2D eigenvalue weighted by molar-refractivity contribution is -0.142. The van der Waals surface area contributed by atoms with Crippen LogP contribution in [0.1, 0.15) is 35.7 Å². The first-order chi connectivity index (χ1) is 11.3. The van der Waals surface area contributed by atoms with E-state index in [1.807, 2.05) is 6.92 Å². The Hall–Kier alpha value is -1.25. The van der Waals surface area contributed by atoms with Gasteiger partial charge in [0.05, 0.1) is 18.2 Å². The third-order valence-electron chi connectivity index (χ3n) is 3.41. The van der Waals surface area contributed by atoms with Crippen molar-refractivity contribution in [2.45, 2.75) is 32.2 Å². The first-order valence-electron chi connectivity index (χ1n) is 7.59. The monoisotopic (exact) mass is 419 g/mol. The van der Waals surface area contributed by atoms with Gasteiger partial charge in [-0.05, 0) is 18.4 Å². The Morgan fingerprint density at radius 1 is 1.25 bits per heavy atom. The number of unbranched alkanes of at least 4 members (excludes halogenated alkanes) is 1. The largest absolute Gasteiger partial charge is 0.468 e. The summed E-state index contributed by atoms with van der Waals surface area (Å²) >= 11 is 3.10. The molecule has 0 aromatic heterocycles. The molecule has 1 unspecified atom stereocenters. The quantitative estimate of drug-likeness (QED) is 0.356. The van der Waals surface area contributed by atoms with Crippen molar-refractivity contribution in [1.29, 1.82) is 0 Å². The minimum Gasteiger partial charge on any atom is -0.468 e. The van der Waals surface area contributed by atoms with Crippen LogP contribution in [0.2, 0.25) is 0 Å². The third-order valence-corrected chi connectivity index (χ3v) is 5.39. The molecule has 0 aliphatic carbocycles. The predicted molar refractivity (Wildman–Crippen MR) is 95.9 cm³/mol. The SMILES string of the molecule is CCCCS(=O)(=O)NC(Cc1ccc(C(=O)CBr)cc1)C(=O)OC. The van der Waals surface area contributed by atoms with Crippen LogP contribution in [0, 0.1) is 0 Å². The van der Waals surface area contributed by atoms with Crippen molar-refractivity contribution < 1.29 is 22.7 Å². The van der Waals surface area contributed by atoms with Gasteiger partial charge in [-0.1, -0.05) is 53.5 Å². The van der Waals surface area contributed by atoms with Gasteiger partial charge in [0.25, 0.3) is 0 Å². The summed E-state index contributed by atoms with van der Waals surface area (Å²) in [6.07, 6.45) is 1.42. The second-order valence-electron chi connectivity index (χ2n) is 5.32. The molecule has 0 radical (unpaired) electrons. The fraction of sp³-hybridized carbons (Fsp3) is 0.500. The van der Waals surface area contributed by atoms with Gasteiger partial charge in [-0.25, -0.2) is 13.1 Å². The van der Waals surface area contributed by atoms with Crippen molar-refractivity contribution in [1.82, 2.24) is 4.72 Å². The second kappa shape index (κ2) is 9.90. The number of halogens is 1. The molecule has 0 heterocycles. The van der Waals surface area contributed by atoms with Crippen LogP contribution >= 0.6 is 15.9 Å². The summed E-state index contributed by atoms with van der Waals surface area (Å²) in [7, 11) is -2.34. The highest BCUT2D eigenvalue weighted by Gasteiger charge is 2.25. The average molecular weight is 420 g/mol. The van der Waals surface area contributed by atoms with Crippen LogP contribution in [-0.4, -0.2) is 44.4 Å². The molecule has 1 atom stereocenters. The number of hydrogen-bond donors (Lipinski definition) is 1. The van der Waals surface area contributed by atoms with Gasteiger partial charge in [0, 0.05) is 5.56 Å². The topological polar surface area (TPSA) is 89.5 Å². The van der Waals surface area contributed by atoms with Crippen molar-refractivity contribution in [3.63, 3.8) is 0 Å². The third kappa shape index (κ3) is 6.70. The molecule has 0 saturated heterocycles. The van der Waals surface area contributed by atoms with Crippen molar-refractivity contribution in [3.05, 3.63) is 35.4 Å². The number of esters is 1. The van der Waals surface area contributed by atoms with E-state index in [0.29, 0.717) is 12.0 Å². The van der Waals surface area contributed by atoms with Crippen LogP contribution < -0.4 is 4.72 Å². The fourth-order valence-electron chi connectivity index (χ4n) is 2.06. The summed E-state index contributed by atoms with van der Waals surface area (Å²) in [6.45, 7) is 1.89. The van der Waals surface area contributed by atoms with E-state index in [0.717, 1.165) is 12.0 Å². The van der Waals surface area contributed by atoms with Gasteiger partial charge >= 0.3 is 5.97 Å². The lowest BCUT2D eigenvalue weighted by Crippen LogP contribution is -2.43. The van der Waals surface area contributed by atoms with Gasteiger partial charge in [-0.15, -0.1) is 0 Å². The van der Waals surface area contributed by atoms with Crippen LogP contribution in [-0.2, 0) is 26.0 Å². The summed E-state index contributed by atoms with van der Waals surface area (Å²) in [5.41, 5.74) is 1.28. The van der Waals surface area contributed by atoms with E-state index < -0.39 is 22.0 Å². The summed E-state index contributed by atoms with van der Waals surface area (Å²) in [4.78, 5) is 23.5. The van der Waals surface area contributed by atoms with E-state index in [9.17, 15) is 18.0 Å². The van der Waals surface area contributed by atoms with Gasteiger partial charge in [-0.3, -0.25) is 9.59 Å². The first kappa shape index (κ1) is 20.8. The molecule has 8 heteroatoms. The molecular formula is C16H22BrNO5S. The minimum atomic E-state index is -3.55. The Labute approximate surface area is 151 Å². The van der Waals surface area contributed by atoms with Crippen molar-refractivity contribution in [3.8, 4) is 0 Å². The van der Waals surface area contributed by atoms with E-state index in [-0.39, 0.29) is 23.3 Å². The molecule has 0 spiro atoms. The molecule has 0 saturated carbocycles. The molecule has 1 aromatic rings. The number of ketones is 1. The van der Waals surface area contributed by atoms with Crippen molar-refractivity contribution in [2.75, 3.05) is 18.2 Å². The molecule has 24 heavy (non-hydrogen) atoms. The van der Waals surface area contributed by atoms with Gasteiger partial charge in [0.2, 0.25) is 10.0 Å². The number of carbonyl (C=O) groups is 2. The summed E-state index contributed by atoms with van der Waals surface area (Å²) in [6, 6.07) is 5.71. The van der Waals surface area contributed by atoms with Crippen molar-refractivity contribution in [2.24, 2.45) is 0 Å². The summed E-state index contributed by atoms with van der Waals surface area (Å²) in [5, 5.41) is 0.231. The zero-order valence-corrected chi connectivity index (χ0v) is 16.2. The Morgan fingerprint density at radius 3 is 2.38 bits per heavy atom. The number of hydrogen-bond acceptors (Lipinski definition) is 5. The lowest BCUT2D eigenvalue weighted by atomic mass is 10.0. The van der Waals surface area contributed by atoms with Crippen LogP contribution in [0.5, 0.6) is 0 Å². The molecule has 0 aliphatic rings. The standard InChI is InChI=1S/C16H22BrNO5S/c1-3-4-9-24(21,22)18-14(16(20)23-2)10-12-5-7-13(8-6-12)15(19)11-17/h5-8,14,18H,3-4,9-11H2,1-2H3. The number of sulfonamides is 1. The molecule has 0 amide bonds. The molecule has 1 rings (SSSR count). The highest BCUT2D eigenvalue weighted by atomic mass is 79.9. The number of Topliss-reactive ketones (excluding diaryl/α,β-unsaturated/α-hetero) is 1. The molecular weight excluding hydrogens is 398 g/mol. The van der Waals surface area contributed by atoms with E-state index in [1.54, 1.807) is 24.3 Å². The average Bonchev–Trinajstić information content (AvgIpc) is 2.58.